The molecule has 0 heterocycles. The molecule has 192 valence electrons. The largest absolute Gasteiger partial charge is 0.460 e. The van der Waals surface area contributed by atoms with E-state index in [4.69, 9.17) is 18.9 Å². The van der Waals surface area contributed by atoms with Crippen LogP contribution in [0.25, 0.3) is 0 Å². The van der Waals surface area contributed by atoms with Gasteiger partial charge in [0.25, 0.3) is 0 Å². The molecule has 0 aromatic heterocycles. The predicted octanol–water partition coefficient (Wildman–Crippen LogP) is 3.26. The highest BCUT2D eigenvalue weighted by Gasteiger charge is 2.12. The third-order valence-electron chi connectivity index (χ3n) is 4.46. The van der Waals surface area contributed by atoms with Gasteiger partial charge < -0.3 is 29.6 Å². The summed E-state index contributed by atoms with van der Waals surface area (Å²) < 4.78 is 20.1. The van der Waals surface area contributed by atoms with Gasteiger partial charge in [0.05, 0.1) is 12.1 Å². The maximum Gasteiger partial charge on any atom is 0.407 e. The molecule has 36 heavy (non-hydrogen) atoms. The van der Waals surface area contributed by atoms with Gasteiger partial charge in [-0.3, -0.25) is 0 Å². The Morgan fingerprint density at radius 2 is 1.00 bits per heavy atom. The zero-order valence-corrected chi connectivity index (χ0v) is 20.2. The van der Waals surface area contributed by atoms with Crippen molar-refractivity contribution in [1.82, 2.24) is 10.6 Å². The summed E-state index contributed by atoms with van der Waals surface area (Å²) in [6.07, 6.45) is 0.533. The van der Waals surface area contributed by atoms with E-state index in [1.807, 2.05) is 60.7 Å². The van der Waals surface area contributed by atoms with Crippen molar-refractivity contribution in [3.05, 3.63) is 83.9 Å². The van der Waals surface area contributed by atoms with Crippen LogP contribution in [-0.4, -0.2) is 49.4 Å². The van der Waals surface area contributed by atoms with Gasteiger partial charge in [-0.25, -0.2) is 19.2 Å². The monoisotopic (exact) mass is 498 g/mol. The number of benzene rings is 2. The molecule has 0 unspecified atom stereocenters. The standard InChI is InChI=1S/C26H30N2O8/c1-19(27-25(31)35-17-21-9-5-3-6-10-21)15-33-23(29)13-14-24(30)34-16-20(2)28-26(32)36-18-22-11-7-4-8-12-22/h3-14,19-20H,15-18H2,1-2H3,(H,27,31)(H,28,32)/b14-13+/t19-,20-/m0/s1. The maximum atomic E-state index is 11.8. The van der Waals surface area contributed by atoms with E-state index in [1.54, 1.807) is 13.8 Å². The average Bonchev–Trinajstić information content (AvgIpc) is 2.88. The van der Waals surface area contributed by atoms with Gasteiger partial charge in [-0.05, 0) is 25.0 Å². The molecule has 10 heteroatoms. The van der Waals surface area contributed by atoms with Crippen LogP contribution in [0, 0.1) is 0 Å². The van der Waals surface area contributed by atoms with E-state index in [-0.39, 0.29) is 26.4 Å². The lowest BCUT2D eigenvalue weighted by atomic mass is 10.2. The van der Waals surface area contributed by atoms with Crippen molar-refractivity contribution in [1.29, 1.82) is 0 Å². The fourth-order valence-electron chi connectivity index (χ4n) is 2.66. The highest BCUT2D eigenvalue weighted by molar-refractivity contribution is 5.91. The molecule has 2 atom stereocenters. The predicted molar refractivity (Wildman–Crippen MR) is 130 cm³/mol. The topological polar surface area (TPSA) is 129 Å². The molecule has 2 amide bonds. The van der Waals surface area contributed by atoms with E-state index in [2.05, 4.69) is 10.6 Å². The molecule has 0 radical (unpaired) electrons. The van der Waals surface area contributed by atoms with Crippen LogP contribution in [0.5, 0.6) is 0 Å². The Balaban J connectivity index is 1.56. The van der Waals surface area contributed by atoms with Crippen molar-refractivity contribution < 1.29 is 38.1 Å². The molecule has 2 aromatic carbocycles. The van der Waals surface area contributed by atoms with Crippen molar-refractivity contribution in [2.75, 3.05) is 13.2 Å². The Morgan fingerprint density at radius 1 is 0.639 bits per heavy atom. The SMILES string of the molecule is C[C@@H](COC(=O)/C=C/C(=O)OC[C@H](C)NC(=O)OCc1ccccc1)NC(=O)OCc1ccccc1. The first-order valence-electron chi connectivity index (χ1n) is 11.3. The van der Waals surface area contributed by atoms with Crippen LogP contribution in [0.2, 0.25) is 0 Å². The van der Waals surface area contributed by atoms with Crippen molar-refractivity contribution in [2.24, 2.45) is 0 Å². The number of carbonyl (C=O) groups excluding carboxylic acids is 4. The van der Waals surface area contributed by atoms with Crippen LogP contribution in [0.4, 0.5) is 9.59 Å². The molecule has 0 bridgehead atoms. The van der Waals surface area contributed by atoms with Gasteiger partial charge >= 0.3 is 24.1 Å². The molecular weight excluding hydrogens is 468 g/mol. The van der Waals surface area contributed by atoms with E-state index in [0.717, 1.165) is 23.3 Å². The quantitative estimate of drug-likeness (QED) is 0.259. The van der Waals surface area contributed by atoms with Crippen LogP contribution >= 0.6 is 0 Å². The molecule has 2 N–H and O–H groups in total. The molecule has 0 aliphatic heterocycles. The summed E-state index contributed by atoms with van der Waals surface area (Å²) in [5.41, 5.74) is 1.69. The lowest BCUT2D eigenvalue weighted by molar-refractivity contribution is -0.141. The van der Waals surface area contributed by atoms with Crippen molar-refractivity contribution in [3.8, 4) is 0 Å². The summed E-state index contributed by atoms with van der Waals surface area (Å²) in [6, 6.07) is 17.4. The van der Waals surface area contributed by atoms with Gasteiger partial charge in [-0.2, -0.15) is 0 Å². The number of hydrogen-bond donors (Lipinski definition) is 2. The lowest BCUT2D eigenvalue weighted by Gasteiger charge is -2.14. The Hall–Kier alpha value is -4.34. The van der Waals surface area contributed by atoms with E-state index in [9.17, 15) is 19.2 Å². The van der Waals surface area contributed by atoms with Gasteiger partial charge in [0.1, 0.15) is 26.4 Å². The first kappa shape index (κ1) is 27.9. The molecule has 0 saturated heterocycles. The number of alkyl carbamates (subject to hydrolysis) is 2. The van der Waals surface area contributed by atoms with Crippen molar-refractivity contribution in [2.45, 2.75) is 39.1 Å². The maximum absolute atomic E-state index is 11.8. The van der Waals surface area contributed by atoms with Gasteiger partial charge in [-0.1, -0.05) is 60.7 Å². The third-order valence-corrected chi connectivity index (χ3v) is 4.46. The Labute approximate surface area is 209 Å². The Bertz CT molecular complexity index is 930. The normalized spacial score (nSPS) is 12.2. The van der Waals surface area contributed by atoms with E-state index >= 15 is 0 Å². The fraction of sp³-hybridized carbons (Fsp3) is 0.308. The van der Waals surface area contributed by atoms with E-state index < -0.39 is 36.2 Å². The van der Waals surface area contributed by atoms with Crippen LogP contribution in [-0.2, 0) is 41.8 Å². The molecule has 2 rings (SSSR count). The van der Waals surface area contributed by atoms with Crippen LogP contribution < -0.4 is 10.6 Å². The smallest absolute Gasteiger partial charge is 0.407 e. The minimum Gasteiger partial charge on any atom is -0.460 e. The first-order valence-corrected chi connectivity index (χ1v) is 11.3. The molecule has 0 fully saturated rings. The molecule has 0 saturated carbocycles. The van der Waals surface area contributed by atoms with Gasteiger partial charge in [-0.15, -0.1) is 0 Å². The zero-order chi connectivity index (χ0) is 26.2. The fourth-order valence-corrected chi connectivity index (χ4v) is 2.66. The number of ether oxygens (including phenoxy) is 4. The number of hydrogen-bond acceptors (Lipinski definition) is 8. The highest BCUT2D eigenvalue weighted by atomic mass is 16.6. The summed E-state index contributed by atoms with van der Waals surface area (Å²) in [6.45, 7) is 3.26. The summed E-state index contributed by atoms with van der Waals surface area (Å²) in [4.78, 5) is 47.2. The van der Waals surface area contributed by atoms with Crippen LogP contribution in [0.1, 0.15) is 25.0 Å². The van der Waals surface area contributed by atoms with Gasteiger partial charge in [0.15, 0.2) is 0 Å². The molecule has 0 spiro atoms. The van der Waals surface area contributed by atoms with Gasteiger partial charge in [0, 0.05) is 12.2 Å². The Morgan fingerprint density at radius 3 is 1.36 bits per heavy atom. The number of rotatable bonds is 12. The van der Waals surface area contributed by atoms with E-state index in [1.165, 1.54) is 0 Å². The van der Waals surface area contributed by atoms with Crippen molar-refractivity contribution in [3.63, 3.8) is 0 Å². The minimum atomic E-state index is -0.783. The second-order valence-electron chi connectivity index (χ2n) is 7.81. The Kier molecular flexibility index (Phi) is 12.0. The summed E-state index contributed by atoms with van der Waals surface area (Å²) >= 11 is 0. The number of carbonyl (C=O) groups is 4. The average molecular weight is 499 g/mol. The molecular formula is C26H30N2O8. The van der Waals surface area contributed by atoms with Crippen LogP contribution in [0.3, 0.4) is 0 Å². The zero-order valence-electron chi connectivity index (χ0n) is 20.2. The highest BCUT2D eigenvalue weighted by Crippen LogP contribution is 2.02. The van der Waals surface area contributed by atoms with Gasteiger partial charge in [0.2, 0.25) is 0 Å². The third kappa shape index (κ3) is 12.2. The second-order valence-corrected chi connectivity index (χ2v) is 7.81. The minimum absolute atomic E-state index is 0.118. The summed E-state index contributed by atoms with van der Waals surface area (Å²) in [5.74, 6) is -1.57. The van der Waals surface area contributed by atoms with Crippen LogP contribution in [0.15, 0.2) is 72.8 Å². The number of esters is 2. The first-order chi connectivity index (χ1) is 17.3. The number of amides is 2. The van der Waals surface area contributed by atoms with Crippen molar-refractivity contribution >= 4 is 24.1 Å². The summed E-state index contributed by atoms with van der Waals surface area (Å²) in [7, 11) is 0. The molecule has 0 aliphatic rings. The number of nitrogens with one attached hydrogen (secondary N) is 2. The molecule has 2 aromatic rings. The summed E-state index contributed by atoms with van der Waals surface area (Å²) in [5, 5.41) is 5.08. The molecule has 10 nitrogen and oxygen atoms in total. The van der Waals surface area contributed by atoms with E-state index in [0.29, 0.717) is 0 Å². The molecule has 0 aliphatic carbocycles. The second kappa shape index (κ2) is 15.5. The lowest BCUT2D eigenvalue weighted by Crippen LogP contribution is -2.36.